The lowest BCUT2D eigenvalue weighted by atomic mass is 9.91. The molecule has 1 atom stereocenters. The molecular formula is C28H32FN5O7S. The molecule has 0 aliphatic carbocycles. The summed E-state index contributed by atoms with van der Waals surface area (Å²) in [6.45, 7) is 7.04. The van der Waals surface area contributed by atoms with Gasteiger partial charge in [0.1, 0.15) is 39.6 Å². The molecule has 4 aromatic rings. The summed E-state index contributed by atoms with van der Waals surface area (Å²) in [4.78, 5) is 55.5. The van der Waals surface area contributed by atoms with E-state index in [2.05, 4.69) is 10.2 Å². The van der Waals surface area contributed by atoms with E-state index in [-0.39, 0.29) is 39.7 Å². The zero-order chi connectivity index (χ0) is 30.9. The van der Waals surface area contributed by atoms with Gasteiger partial charge in [-0.05, 0) is 44.9 Å². The molecule has 0 aliphatic heterocycles. The lowest BCUT2D eigenvalue weighted by Gasteiger charge is -2.28. The molecule has 0 amide bonds. The number of rotatable bonds is 11. The second-order valence-electron chi connectivity index (χ2n) is 10.7. The SMILES string of the molecule is COc1ccc(F)cc1[C@@H](Cn1c(=O)n(C(C)(C)C(=O)CC(C)C)c(=O)c2c(C)c(-n3nccn3)sc21)OC(=O)CO. The number of methoxy groups -OCH3 is 1. The smallest absolute Gasteiger partial charge is 0.333 e. The van der Waals surface area contributed by atoms with Gasteiger partial charge in [-0.25, -0.2) is 18.5 Å². The van der Waals surface area contributed by atoms with Crippen molar-refractivity contribution in [3.8, 4) is 10.8 Å². The minimum Gasteiger partial charge on any atom is -0.496 e. The van der Waals surface area contributed by atoms with Gasteiger partial charge in [-0.1, -0.05) is 25.2 Å². The summed E-state index contributed by atoms with van der Waals surface area (Å²) in [5.74, 6) is -1.86. The molecule has 1 N–H and O–H groups in total. The summed E-state index contributed by atoms with van der Waals surface area (Å²) < 4.78 is 27.4. The Morgan fingerprint density at radius 1 is 1.17 bits per heavy atom. The van der Waals surface area contributed by atoms with E-state index in [1.165, 1.54) is 48.8 Å². The van der Waals surface area contributed by atoms with Crippen molar-refractivity contribution in [2.75, 3.05) is 13.7 Å². The van der Waals surface area contributed by atoms with Crippen LogP contribution in [-0.4, -0.2) is 54.7 Å². The van der Waals surface area contributed by atoms with Gasteiger partial charge < -0.3 is 14.6 Å². The van der Waals surface area contributed by atoms with E-state index in [4.69, 9.17) is 9.47 Å². The zero-order valence-corrected chi connectivity index (χ0v) is 24.9. The number of hydrogen-bond acceptors (Lipinski definition) is 10. The van der Waals surface area contributed by atoms with E-state index in [9.17, 15) is 28.7 Å². The van der Waals surface area contributed by atoms with Gasteiger partial charge in [0.25, 0.3) is 5.56 Å². The van der Waals surface area contributed by atoms with Crippen LogP contribution in [0.2, 0.25) is 0 Å². The number of esters is 1. The first-order valence-electron chi connectivity index (χ1n) is 13.1. The Bertz CT molecular complexity index is 1750. The highest BCUT2D eigenvalue weighted by atomic mass is 32.1. The maximum Gasteiger partial charge on any atom is 0.333 e. The van der Waals surface area contributed by atoms with Gasteiger partial charge in [0.05, 0.1) is 31.4 Å². The molecule has 4 rings (SSSR count). The molecule has 0 aliphatic rings. The van der Waals surface area contributed by atoms with E-state index < -0.39 is 47.8 Å². The highest BCUT2D eigenvalue weighted by molar-refractivity contribution is 7.21. The average Bonchev–Trinajstić information content (AvgIpc) is 3.58. The fourth-order valence-electron chi connectivity index (χ4n) is 4.76. The first kappa shape index (κ1) is 30.8. The molecule has 0 radical (unpaired) electrons. The predicted octanol–water partition coefficient (Wildman–Crippen LogP) is 2.89. The Kier molecular flexibility index (Phi) is 8.78. The number of aromatic nitrogens is 5. The number of thiophene rings is 1. The van der Waals surface area contributed by atoms with Crippen LogP contribution in [0.4, 0.5) is 4.39 Å². The fourth-order valence-corrected chi connectivity index (χ4v) is 5.98. The number of ketones is 1. The van der Waals surface area contributed by atoms with Crippen LogP contribution in [0.15, 0.2) is 40.2 Å². The molecule has 12 nitrogen and oxygen atoms in total. The summed E-state index contributed by atoms with van der Waals surface area (Å²) in [5, 5.41) is 18.3. The van der Waals surface area contributed by atoms with Crippen molar-refractivity contribution in [2.45, 2.75) is 59.2 Å². The Morgan fingerprint density at radius 2 is 1.83 bits per heavy atom. The van der Waals surface area contributed by atoms with Crippen LogP contribution in [0.1, 0.15) is 51.3 Å². The number of Topliss-reactive ketones (excluding diaryl/α,β-unsaturated/α-hetero) is 1. The van der Waals surface area contributed by atoms with Crippen molar-refractivity contribution < 1.29 is 28.6 Å². The number of ether oxygens (including phenoxy) is 2. The lowest BCUT2D eigenvalue weighted by molar-refractivity contribution is -0.153. The third-order valence-electron chi connectivity index (χ3n) is 6.91. The Morgan fingerprint density at radius 3 is 2.43 bits per heavy atom. The van der Waals surface area contributed by atoms with Gasteiger partial charge >= 0.3 is 11.7 Å². The predicted molar refractivity (Wildman–Crippen MR) is 153 cm³/mol. The first-order chi connectivity index (χ1) is 19.8. The van der Waals surface area contributed by atoms with Crippen LogP contribution in [0, 0.1) is 18.7 Å². The lowest BCUT2D eigenvalue weighted by Crippen LogP contribution is -2.53. The summed E-state index contributed by atoms with van der Waals surface area (Å²) >= 11 is 1.06. The normalized spacial score (nSPS) is 12.6. The van der Waals surface area contributed by atoms with Crippen molar-refractivity contribution in [2.24, 2.45) is 5.92 Å². The second-order valence-corrected chi connectivity index (χ2v) is 11.6. The van der Waals surface area contributed by atoms with Gasteiger partial charge in [-0.15, -0.1) is 4.80 Å². The maximum absolute atomic E-state index is 14.4. The summed E-state index contributed by atoms with van der Waals surface area (Å²) in [5.41, 5.74) is -2.49. The van der Waals surface area contributed by atoms with Crippen molar-refractivity contribution in [1.29, 1.82) is 0 Å². The maximum atomic E-state index is 14.4. The van der Waals surface area contributed by atoms with Crippen LogP contribution >= 0.6 is 11.3 Å². The third kappa shape index (κ3) is 5.63. The number of benzene rings is 1. The standard InChI is InChI=1S/C28H32FN5O7S/c1-15(2)11-21(36)28(4,5)33-24(38)23-16(3)25(34-30-9-10-31-34)42-26(23)32(27(33)39)13-20(41-22(37)14-35)18-12-17(29)7-8-19(18)40-6/h7-10,12,15,20,35H,11,13-14H2,1-6H3/t20-/m1/s1. The van der Waals surface area contributed by atoms with E-state index in [0.717, 1.165) is 28.0 Å². The number of carbonyl (C=O) groups is 2. The molecule has 3 aromatic heterocycles. The van der Waals surface area contributed by atoms with Gasteiger partial charge in [-0.2, -0.15) is 10.2 Å². The number of hydrogen-bond donors (Lipinski definition) is 1. The molecule has 0 spiro atoms. The minimum absolute atomic E-state index is 0.0264. The number of fused-ring (bicyclic) bond motifs is 1. The van der Waals surface area contributed by atoms with Crippen molar-refractivity contribution in [1.82, 2.24) is 24.1 Å². The fraction of sp³-hybridized carbons (Fsp3) is 0.429. The topological polar surface area (TPSA) is 148 Å². The molecule has 3 heterocycles. The van der Waals surface area contributed by atoms with E-state index >= 15 is 0 Å². The quantitative estimate of drug-likeness (QED) is 0.256. The number of aliphatic hydroxyl groups is 1. The number of nitrogens with zero attached hydrogens (tertiary/aromatic N) is 5. The number of aryl methyl sites for hydroxylation is 1. The van der Waals surface area contributed by atoms with E-state index in [0.29, 0.717) is 10.6 Å². The Balaban J connectivity index is 2.06. The van der Waals surface area contributed by atoms with Crippen molar-refractivity contribution >= 4 is 33.3 Å². The van der Waals surface area contributed by atoms with E-state index in [1.54, 1.807) is 6.92 Å². The van der Waals surface area contributed by atoms with Gasteiger partial charge in [0, 0.05) is 17.5 Å². The highest BCUT2D eigenvalue weighted by Crippen LogP contribution is 2.34. The van der Waals surface area contributed by atoms with Crippen LogP contribution in [0.3, 0.4) is 0 Å². The molecule has 224 valence electrons. The molecule has 0 fully saturated rings. The van der Waals surface area contributed by atoms with Crippen LogP contribution < -0.4 is 16.0 Å². The van der Waals surface area contributed by atoms with Gasteiger partial charge in [0.2, 0.25) is 0 Å². The third-order valence-corrected chi connectivity index (χ3v) is 8.19. The molecule has 14 heteroatoms. The average molecular weight is 602 g/mol. The summed E-state index contributed by atoms with van der Waals surface area (Å²) in [6, 6.07) is 3.60. The molecule has 0 bridgehead atoms. The van der Waals surface area contributed by atoms with Crippen LogP contribution in [0.25, 0.3) is 15.2 Å². The van der Waals surface area contributed by atoms with Crippen molar-refractivity contribution in [3.63, 3.8) is 0 Å². The van der Waals surface area contributed by atoms with Crippen molar-refractivity contribution in [3.05, 3.63) is 68.4 Å². The monoisotopic (exact) mass is 601 g/mol. The van der Waals surface area contributed by atoms with Crippen LogP contribution in [0.5, 0.6) is 5.75 Å². The van der Waals surface area contributed by atoms with Gasteiger partial charge in [-0.3, -0.25) is 14.2 Å². The molecule has 1 aromatic carbocycles. The second kappa shape index (κ2) is 12.0. The van der Waals surface area contributed by atoms with E-state index in [1.807, 2.05) is 13.8 Å². The Hall–Kier alpha value is -4.17. The number of aliphatic hydroxyl groups excluding tert-OH is 1. The molecule has 0 saturated heterocycles. The highest BCUT2D eigenvalue weighted by Gasteiger charge is 2.36. The first-order valence-corrected chi connectivity index (χ1v) is 14.0. The zero-order valence-electron chi connectivity index (χ0n) is 24.1. The number of carbonyl (C=O) groups excluding carboxylic acids is 2. The van der Waals surface area contributed by atoms with Crippen LogP contribution in [-0.2, 0) is 26.4 Å². The summed E-state index contributed by atoms with van der Waals surface area (Å²) in [7, 11) is 1.35. The molecule has 0 saturated carbocycles. The minimum atomic E-state index is -1.54. The largest absolute Gasteiger partial charge is 0.496 e. The molecule has 0 unspecified atom stereocenters. The van der Waals surface area contributed by atoms with Gasteiger partial charge in [0.15, 0.2) is 5.78 Å². The molecular weight excluding hydrogens is 569 g/mol. The number of halogens is 1. The Labute approximate surface area is 243 Å². The molecule has 42 heavy (non-hydrogen) atoms. The summed E-state index contributed by atoms with van der Waals surface area (Å²) in [6.07, 6.45) is 1.72.